The molecule has 0 saturated carbocycles. The Bertz CT molecular complexity index is 692. The molecule has 21 heavy (non-hydrogen) atoms. The van der Waals surface area contributed by atoms with E-state index in [-0.39, 0.29) is 0 Å². The van der Waals surface area contributed by atoms with Crippen molar-refractivity contribution in [3.8, 4) is 0 Å². The summed E-state index contributed by atoms with van der Waals surface area (Å²) in [4.78, 5) is 26.1. The Kier molecular flexibility index (Phi) is 4.94. The third kappa shape index (κ3) is 4.32. The van der Waals surface area contributed by atoms with Crippen LogP contribution in [0.3, 0.4) is 0 Å². The van der Waals surface area contributed by atoms with Gasteiger partial charge in [-0.1, -0.05) is 24.3 Å². The third-order valence-electron chi connectivity index (χ3n) is 2.79. The zero-order valence-corrected chi connectivity index (χ0v) is 12.9. The number of aromatic amines is 1. The van der Waals surface area contributed by atoms with Crippen LogP contribution in [0.2, 0.25) is 0 Å². The minimum atomic E-state index is -0.418. The van der Waals surface area contributed by atoms with E-state index in [1.165, 1.54) is 6.08 Å². The van der Waals surface area contributed by atoms with Gasteiger partial charge in [-0.25, -0.2) is 0 Å². The van der Waals surface area contributed by atoms with E-state index >= 15 is 0 Å². The van der Waals surface area contributed by atoms with Crippen LogP contribution in [0.4, 0.5) is 0 Å². The van der Waals surface area contributed by atoms with Crippen molar-refractivity contribution < 1.29 is 9.59 Å². The SMILES string of the molecule is Cc1ccccc1/C=C/C(=O)NNC(=O)c1cc(Br)c[nH]1. The maximum absolute atomic E-state index is 11.7. The van der Waals surface area contributed by atoms with Gasteiger partial charge in [0.25, 0.3) is 11.8 Å². The van der Waals surface area contributed by atoms with Gasteiger partial charge in [-0.2, -0.15) is 0 Å². The number of nitrogens with one attached hydrogen (secondary N) is 3. The molecule has 0 radical (unpaired) electrons. The Labute approximate surface area is 130 Å². The van der Waals surface area contributed by atoms with E-state index < -0.39 is 11.8 Å². The molecule has 0 fully saturated rings. The molecule has 0 bridgehead atoms. The smallest absolute Gasteiger partial charge is 0.286 e. The summed E-state index contributed by atoms with van der Waals surface area (Å²) < 4.78 is 0.762. The van der Waals surface area contributed by atoms with E-state index in [1.807, 2.05) is 31.2 Å². The summed E-state index contributed by atoms with van der Waals surface area (Å²) in [5.41, 5.74) is 7.01. The van der Waals surface area contributed by atoms with Gasteiger partial charge in [0, 0.05) is 16.7 Å². The molecule has 2 aromatic rings. The number of amides is 2. The number of rotatable bonds is 3. The van der Waals surface area contributed by atoms with E-state index in [0.29, 0.717) is 5.69 Å². The average molecular weight is 348 g/mol. The molecule has 2 rings (SSSR count). The minimum absolute atomic E-state index is 0.352. The van der Waals surface area contributed by atoms with Crippen LogP contribution in [0.15, 0.2) is 47.1 Å². The molecule has 108 valence electrons. The van der Waals surface area contributed by atoms with Crippen molar-refractivity contribution in [3.63, 3.8) is 0 Å². The summed E-state index contributed by atoms with van der Waals surface area (Å²) >= 11 is 3.23. The molecule has 0 aliphatic rings. The first-order valence-corrected chi connectivity index (χ1v) is 7.03. The monoisotopic (exact) mass is 347 g/mol. The summed E-state index contributed by atoms with van der Waals surface area (Å²) in [6, 6.07) is 9.32. The van der Waals surface area contributed by atoms with Crippen LogP contribution in [0.5, 0.6) is 0 Å². The van der Waals surface area contributed by atoms with Crippen LogP contribution in [-0.4, -0.2) is 16.8 Å². The van der Waals surface area contributed by atoms with Crippen molar-refractivity contribution in [1.29, 1.82) is 0 Å². The Morgan fingerprint density at radius 3 is 2.67 bits per heavy atom. The molecule has 1 aromatic heterocycles. The van der Waals surface area contributed by atoms with Gasteiger partial charge in [0.15, 0.2) is 0 Å². The first kappa shape index (κ1) is 15.1. The summed E-state index contributed by atoms with van der Waals surface area (Å²) in [5, 5.41) is 0. The molecule has 3 N–H and O–H groups in total. The molecule has 0 unspecified atom stereocenters. The second-order valence-electron chi connectivity index (χ2n) is 4.36. The van der Waals surface area contributed by atoms with Crippen LogP contribution in [0, 0.1) is 6.92 Å². The Morgan fingerprint density at radius 2 is 2.00 bits per heavy atom. The lowest BCUT2D eigenvalue weighted by Gasteiger charge is -2.03. The fraction of sp³-hybridized carbons (Fsp3) is 0.0667. The maximum atomic E-state index is 11.7. The van der Waals surface area contributed by atoms with Gasteiger partial charge in [0.05, 0.1) is 0 Å². The number of hydrogen-bond acceptors (Lipinski definition) is 2. The van der Waals surface area contributed by atoms with Crippen LogP contribution >= 0.6 is 15.9 Å². The van der Waals surface area contributed by atoms with Crippen LogP contribution in [-0.2, 0) is 4.79 Å². The number of aromatic nitrogens is 1. The zero-order valence-electron chi connectivity index (χ0n) is 11.3. The number of carbonyl (C=O) groups excluding carboxylic acids is 2. The Morgan fingerprint density at radius 1 is 1.24 bits per heavy atom. The van der Waals surface area contributed by atoms with Crippen molar-refractivity contribution in [2.75, 3.05) is 0 Å². The lowest BCUT2D eigenvalue weighted by molar-refractivity contribution is -0.117. The third-order valence-corrected chi connectivity index (χ3v) is 3.25. The fourth-order valence-corrected chi connectivity index (χ4v) is 2.01. The molecule has 5 nitrogen and oxygen atoms in total. The van der Waals surface area contributed by atoms with Crippen LogP contribution in [0.25, 0.3) is 6.08 Å². The van der Waals surface area contributed by atoms with Crippen molar-refractivity contribution in [2.45, 2.75) is 6.92 Å². The quantitative estimate of drug-likeness (QED) is 0.589. The predicted molar refractivity (Wildman–Crippen MR) is 84.3 cm³/mol. The summed E-state index contributed by atoms with van der Waals surface area (Å²) in [6.45, 7) is 1.96. The van der Waals surface area contributed by atoms with Gasteiger partial charge in [0.1, 0.15) is 5.69 Å². The average Bonchev–Trinajstić information content (AvgIpc) is 2.90. The summed E-state index contributed by atoms with van der Waals surface area (Å²) in [7, 11) is 0. The van der Waals surface area contributed by atoms with E-state index in [0.717, 1.165) is 15.6 Å². The highest BCUT2D eigenvalue weighted by Gasteiger charge is 2.07. The number of benzene rings is 1. The predicted octanol–water partition coefficient (Wildman–Crippen LogP) is 2.56. The van der Waals surface area contributed by atoms with Gasteiger partial charge in [-0.3, -0.25) is 20.4 Å². The standard InChI is InChI=1S/C15H14BrN3O2/c1-10-4-2-3-5-11(10)6-7-14(20)18-19-15(21)13-8-12(16)9-17-13/h2-9,17H,1H3,(H,18,20)(H,19,21)/b7-6+. The molecule has 1 aromatic carbocycles. The normalized spacial score (nSPS) is 10.6. The molecule has 0 saturated heterocycles. The summed E-state index contributed by atoms with van der Waals surface area (Å²) in [5.74, 6) is -0.824. The second kappa shape index (κ2) is 6.90. The summed E-state index contributed by atoms with van der Waals surface area (Å²) in [6.07, 6.45) is 4.70. The molecular weight excluding hydrogens is 334 g/mol. The lowest BCUT2D eigenvalue weighted by Crippen LogP contribution is -2.40. The molecule has 0 aliphatic heterocycles. The minimum Gasteiger partial charge on any atom is -0.356 e. The van der Waals surface area contributed by atoms with Gasteiger partial charge < -0.3 is 4.98 Å². The molecule has 0 aliphatic carbocycles. The molecule has 0 spiro atoms. The molecule has 2 amide bonds. The van der Waals surface area contributed by atoms with Gasteiger partial charge >= 0.3 is 0 Å². The Hall–Kier alpha value is -2.34. The molecule has 6 heteroatoms. The van der Waals surface area contributed by atoms with Crippen molar-refractivity contribution in [2.24, 2.45) is 0 Å². The van der Waals surface area contributed by atoms with E-state index in [4.69, 9.17) is 0 Å². The Balaban J connectivity index is 1.88. The zero-order chi connectivity index (χ0) is 15.2. The number of hydrazine groups is 1. The number of H-pyrrole nitrogens is 1. The number of aryl methyl sites for hydroxylation is 1. The topological polar surface area (TPSA) is 74.0 Å². The highest BCUT2D eigenvalue weighted by Crippen LogP contribution is 2.10. The van der Waals surface area contributed by atoms with Crippen molar-refractivity contribution in [3.05, 3.63) is 63.9 Å². The fourth-order valence-electron chi connectivity index (χ4n) is 1.67. The second-order valence-corrected chi connectivity index (χ2v) is 5.28. The van der Waals surface area contributed by atoms with E-state index in [2.05, 4.69) is 31.8 Å². The van der Waals surface area contributed by atoms with Gasteiger partial charge in [0.2, 0.25) is 0 Å². The van der Waals surface area contributed by atoms with E-state index in [9.17, 15) is 9.59 Å². The first-order chi connectivity index (χ1) is 10.1. The lowest BCUT2D eigenvalue weighted by atomic mass is 10.1. The van der Waals surface area contributed by atoms with Gasteiger partial charge in [-0.15, -0.1) is 0 Å². The molecule has 1 heterocycles. The largest absolute Gasteiger partial charge is 0.356 e. The highest BCUT2D eigenvalue weighted by molar-refractivity contribution is 9.10. The number of hydrogen-bond donors (Lipinski definition) is 3. The first-order valence-electron chi connectivity index (χ1n) is 6.24. The molecule has 0 atom stereocenters. The van der Waals surface area contributed by atoms with Crippen LogP contribution < -0.4 is 10.9 Å². The number of carbonyl (C=O) groups is 2. The van der Waals surface area contributed by atoms with Crippen molar-refractivity contribution in [1.82, 2.24) is 15.8 Å². The maximum Gasteiger partial charge on any atom is 0.286 e. The van der Waals surface area contributed by atoms with Crippen molar-refractivity contribution >= 4 is 33.8 Å². The molecular formula is C15H14BrN3O2. The van der Waals surface area contributed by atoms with E-state index in [1.54, 1.807) is 18.3 Å². The highest BCUT2D eigenvalue weighted by atomic mass is 79.9. The number of halogens is 1. The van der Waals surface area contributed by atoms with Gasteiger partial charge in [-0.05, 0) is 46.1 Å². The van der Waals surface area contributed by atoms with Crippen LogP contribution in [0.1, 0.15) is 21.6 Å².